The van der Waals surface area contributed by atoms with Crippen molar-refractivity contribution in [1.29, 1.82) is 0 Å². The van der Waals surface area contributed by atoms with Crippen molar-refractivity contribution in [2.45, 2.75) is 39.5 Å². The fourth-order valence-electron chi connectivity index (χ4n) is 2.85. The van der Waals surface area contributed by atoms with Crippen LogP contribution in [0.2, 0.25) is 0 Å². The molecule has 4 nitrogen and oxygen atoms in total. The first kappa shape index (κ1) is 28.6. The highest BCUT2D eigenvalue weighted by molar-refractivity contribution is 6.17. The molecule has 0 bridgehead atoms. The quantitative estimate of drug-likeness (QED) is 0.215. The number of alkyl halides is 1. The van der Waals surface area contributed by atoms with Crippen LogP contribution in [0.4, 0.5) is 4.79 Å². The molecule has 0 saturated carbocycles. The van der Waals surface area contributed by atoms with Crippen LogP contribution in [0.5, 0.6) is 0 Å². The number of rotatable bonds is 6. The Hall–Kier alpha value is -3.60. The lowest BCUT2D eigenvalue weighted by Gasteiger charge is -2.06. The largest absolute Gasteiger partial charge is 0.508 e. The van der Waals surface area contributed by atoms with Crippen molar-refractivity contribution in [3.63, 3.8) is 0 Å². The van der Waals surface area contributed by atoms with Gasteiger partial charge in [0.15, 0.2) is 0 Å². The van der Waals surface area contributed by atoms with Gasteiger partial charge in [-0.05, 0) is 36.1 Å². The van der Waals surface area contributed by atoms with E-state index in [1.165, 1.54) is 16.7 Å². The first-order chi connectivity index (χ1) is 17.5. The number of benzene rings is 4. The highest BCUT2D eigenvalue weighted by Gasteiger charge is 2.04. The molecule has 4 aromatic rings. The zero-order valence-electron chi connectivity index (χ0n) is 20.8. The lowest BCUT2D eigenvalue weighted by molar-refractivity contribution is 0.0446. The second-order valence-electron chi connectivity index (χ2n) is 8.06. The summed E-state index contributed by atoms with van der Waals surface area (Å²) in [6.07, 6.45) is -0.649. The maximum Gasteiger partial charge on any atom is 0.508 e. The molecule has 5 heteroatoms. The minimum absolute atomic E-state index is 0.140. The zero-order chi connectivity index (χ0) is 26.0. The summed E-state index contributed by atoms with van der Waals surface area (Å²) in [7, 11) is 0. The van der Waals surface area contributed by atoms with E-state index in [-0.39, 0.29) is 19.8 Å². The number of aliphatic hydroxyl groups excluding tert-OH is 1. The van der Waals surface area contributed by atoms with E-state index in [0.29, 0.717) is 5.88 Å². The summed E-state index contributed by atoms with van der Waals surface area (Å²) in [4.78, 5) is 11.4. The van der Waals surface area contributed by atoms with E-state index in [0.717, 1.165) is 16.7 Å². The van der Waals surface area contributed by atoms with Crippen molar-refractivity contribution >= 4 is 17.8 Å². The summed E-state index contributed by atoms with van der Waals surface area (Å²) in [5.41, 5.74) is 6.49. The Kier molecular flexibility index (Phi) is 13.5. The molecule has 0 aliphatic rings. The van der Waals surface area contributed by atoms with Crippen LogP contribution in [0, 0.1) is 13.8 Å². The smallest absolute Gasteiger partial charge is 0.429 e. The van der Waals surface area contributed by atoms with Gasteiger partial charge in [-0.3, -0.25) is 0 Å². The first-order valence-corrected chi connectivity index (χ1v) is 12.2. The van der Waals surface area contributed by atoms with Crippen LogP contribution in [-0.2, 0) is 35.2 Å². The van der Waals surface area contributed by atoms with Crippen LogP contribution in [0.15, 0.2) is 109 Å². The van der Waals surface area contributed by atoms with E-state index in [1.54, 1.807) is 0 Å². The average molecular weight is 505 g/mol. The molecule has 0 aliphatic heterocycles. The Balaban J connectivity index is 0.000000221. The van der Waals surface area contributed by atoms with Gasteiger partial charge >= 0.3 is 6.16 Å². The van der Waals surface area contributed by atoms with Crippen molar-refractivity contribution in [1.82, 2.24) is 0 Å². The number of ether oxygens (including phenoxy) is 2. The van der Waals surface area contributed by atoms with E-state index in [4.69, 9.17) is 26.2 Å². The lowest BCUT2D eigenvalue weighted by Crippen LogP contribution is -2.07. The van der Waals surface area contributed by atoms with Crippen LogP contribution in [-0.4, -0.2) is 11.3 Å². The molecular formula is C31H33ClO4. The summed E-state index contributed by atoms with van der Waals surface area (Å²) in [5.74, 6) is 0.611. The van der Waals surface area contributed by atoms with E-state index in [2.05, 4.69) is 19.1 Å². The van der Waals surface area contributed by atoms with Crippen molar-refractivity contribution in [2.75, 3.05) is 0 Å². The standard InChI is InChI=1S/C16H16O3.C8H9Cl.C7H8O/c1-13-7-9-15(10-8-13)12-19-16(17)18-11-14-5-3-2-4-6-14;1-7-2-4-8(6-9)5-3-7;8-6-7-4-2-1-3-5-7/h2-10H,11-12H2,1H3;2-5H,6H2,1H3;1-5,8H,6H2. The topological polar surface area (TPSA) is 55.8 Å². The fourth-order valence-corrected chi connectivity index (χ4v) is 3.02. The molecule has 0 heterocycles. The minimum Gasteiger partial charge on any atom is -0.429 e. The zero-order valence-corrected chi connectivity index (χ0v) is 21.5. The van der Waals surface area contributed by atoms with Crippen molar-refractivity contribution < 1.29 is 19.4 Å². The number of aryl methyl sites for hydroxylation is 2. The SMILES string of the molecule is Cc1ccc(CCl)cc1.Cc1ccc(COC(=O)OCc2ccccc2)cc1.OCc1ccccc1. The molecule has 0 aromatic heterocycles. The molecule has 4 rings (SSSR count). The van der Waals surface area contributed by atoms with Gasteiger partial charge in [0, 0.05) is 5.88 Å². The first-order valence-electron chi connectivity index (χ1n) is 11.7. The Bertz CT molecular complexity index is 1110. The van der Waals surface area contributed by atoms with Crippen molar-refractivity contribution in [2.24, 2.45) is 0 Å². The van der Waals surface area contributed by atoms with Crippen molar-refractivity contribution in [3.05, 3.63) is 143 Å². The van der Waals surface area contributed by atoms with Gasteiger partial charge in [0.05, 0.1) is 6.61 Å². The number of carbonyl (C=O) groups excluding carboxylic acids is 1. The van der Waals surface area contributed by atoms with Crippen LogP contribution >= 0.6 is 11.6 Å². The predicted molar refractivity (Wildman–Crippen MR) is 146 cm³/mol. The molecule has 0 unspecified atom stereocenters. The third kappa shape index (κ3) is 12.2. The molecule has 4 aromatic carbocycles. The molecule has 1 N–H and O–H groups in total. The maximum absolute atomic E-state index is 11.4. The highest BCUT2D eigenvalue weighted by atomic mass is 35.5. The van der Waals surface area contributed by atoms with Gasteiger partial charge in [0.2, 0.25) is 0 Å². The summed E-state index contributed by atoms with van der Waals surface area (Å²) in [6, 6.07) is 35.1. The van der Waals surface area contributed by atoms with Crippen LogP contribution in [0.25, 0.3) is 0 Å². The number of halogens is 1. The van der Waals surface area contributed by atoms with Gasteiger partial charge < -0.3 is 14.6 Å². The minimum atomic E-state index is -0.649. The third-order valence-electron chi connectivity index (χ3n) is 4.98. The lowest BCUT2D eigenvalue weighted by atomic mass is 10.2. The summed E-state index contributed by atoms with van der Waals surface area (Å²) >= 11 is 5.58. The molecular weight excluding hydrogens is 472 g/mol. The summed E-state index contributed by atoms with van der Waals surface area (Å²) in [5, 5.41) is 8.54. The number of carbonyl (C=O) groups is 1. The Labute approximate surface area is 219 Å². The Morgan fingerprint density at radius 2 is 1.00 bits per heavy atom. The Morgan fingerprint density at radius 3 is 1.39 bits per heavy atom. The second-order valence-corrected chi connectivity index (χ2v) is 8.33. The fraction of sp³-hybridized carbons (Fsp3) is 0.194. The van der Waals surface area contributed by atoms with Gasteiger partial charge in [-0.2, -0.15) is 0 Å². The molecule has 188 valence electrons. The third-order valence-corrected chi connectivity index (χ3v) is 5.29. The van der Waals surface area contributed by atoms with Gasteiger partial charge in [-0.25, -0.2) is 4.79 Å². The normalized spacial score (nSPS) is 9.67. The molecule has 0 radical (unpaired) electrons. The van der Waals surface area contributed by atoms with Gasteiger partial charge in [0.25, 0.3) is 0 Å². The van der Waals surface area contributed by atoms with Crippen LogP contribution < -0.4 is 0 Å². The van der Waals surface area contributed by atoms with E-state index in [9.17, 15) is 4.79 Å². The molecule has 0 fully saturated rings. The van der Waals surface area contributed by atoms with E-state index >= 15 is 0 Å². The highest BCUT2D eigenvalue weighted by Crippen LogP contribution is 2.07. The Morgan fingerprint density at radius 1 is 0.611 bits per heavy atom. The molecule has 0 aliphatic carbocycles. The molecule has 0 spiro atoms. The molecule has 0 amide bonds. The van der Waals surface area contributed by atoms with Crippen LogP contribution in [0.1, 0.15) is 33.4 Å². The monoisotopic (exact) mass is 504 g/mol. The van der Waals surface area contributed by atoms with Crippen molar-refractivity contribution in [3.8, 4) is 0 Å². The molecule has 36 heavy (non-hydrogen) atoms. The second kappa shape index (κ2) is 16.9. The summed E-state index contributed by atoms with van der Waals surface area (Å²) < 4.78 is 10.0. The average Bonchev–Trinajstić information content (AvgIpc) is 2.94. The van der Waals surface area contributed by atoms with E-state index in [1.807, 2.05) is 104 Å². The maximum atomic E-state index is 11.4. The predicted octanol–water partition coefficient (Wildman–Crippen LogP) is 7.76. The number of hydrogen-bond donors (Lipinski definition) is 1. The van der Waals surface area contributed by atoms with Gasteiger partial charge in [0.1, 0.15) is 13.2 Å². The number of aliphatic hydroxyl groups is 1. The summed E-state index contributed by atoms with van der Waals surface area (Å²) in [6.45, 7) is 4.68. The van der Waals surface area contributed by atoms with Gasteiger partial charge in [-0.15, -0.1) is 11.6 Å². The molecule has 0 atom stereocenters. The van der Waals surface area contributed by atoms with Crippen LogP contribution in [0.3, 0.4) is 0 Å². The van der Waals surface area contributed by atoms with Gasteiger partial charge in [-0.1, -0.05) is 120 Å². The van der Waals surface area contributed by atoms with E-state index < -0.39 is 6.16 Å². The number of hydrogen-bond acceptors (Lipinski definition) is 4. The molecule has 0 saturated heterocycles.